The number of rotatable bonds is 3. The molecular formula is C13H13Cl2N5. The molecule has 3 rings (SSSR count). The maximum absolute atomic E-state index is 5.98. The number of hydrogen-bond donors (Lipinski definition) is 0. The van der Waals surface area contributed by atoms with Crippen LogP contribution >= 0.6 is 23.2 Å². The average Bonchev–Trinajstić information content (AvgIpc) is 2.89. The van der Waals surface area contributed by atoms with Gasteiger partial charge in [0.25, 0.3) is 0 Å². The van der Waals surface area contributed by atoms with Crippen LogP contribution in [0.1, 0.15) is 11.5 Å². The number of nitrogens with zero attached hydrogens (tertiary/aromatic N) is 5. The van der Waals surface area contributed by atoms with E-state index in [-0.39, 0.29) is 0 Å². The molecule has 0 aromatic carbocycles. The molecular weight excluding hydrogens is 297 g/mol. The highest BCUT2D eigenvalue weighted by Crippen LogP contribution is 2.24. The van der Waals surface area contributed by atoms with Crippen molar-refractivity contribution in [2.75, 3.05) is 5.88 Å². The second-order valence-electron chi connectivity index (χ2n) is 4.57. The molecule has 0 saturated heterocycles. The zero-order valence-electron chi connectivity index (χ0n) is 11.1. The first-order chi connectivity index (χ1) is 9.60. The molecule has 0 fully saturated rings. The average molecular weight is 310 g/mol. The third-order valence-corrected chi connectivity index (χ3v) is 3.48. The van der Waals surface area contributed by atoms with Crippen molar-refractivity contribution in [2.45, 2.75) is 13.3 Å². The van der Waals surface area contributed by atoms with Crippen LogP contribution in [0.25, 0.3) is 16.9 Å². The predicted octanol–water partition coefficient (Wildman–Crippen LogP) is 2.90. The Morgan fingerprint density at radius 2 is 2.15 bits per heavy atom. The molecule has 5 nitrogen and oxygen atoms in total. The normalized spacial score (nSPS) is 11.4. The van der Waals surface area contributed by atoms with E-state index in [2.05, 4.69) is 15.1 Å². The van der Waals surface area contributed by atoms with Crippen LogP contribution in [0.5, 0.6) is 0 Å². The number of alkyl halides is 1. The molecule has 0 amide bonds. The minimum Gasteiger partial charge on any atom is -0.277 e. The molecule has 0 atom stereocenters. The van der Waals surface area contributed by atoms with Gasteiger partial charge in [-0.2, -0.15) is 5.10 Å². The number of halogens is 2. The Labute approximate surface area is 126 Å². The summed E-state index contributed by atoms with van der Waals surface area (Å²) in [6.07, 6.45) is 4.23. The van der Waals surface area contributed by atoms with Gasteiger partial charge in [-0.1, -0.05) is 11.6 Å². The summed E-state index contributed by atoms with van der Waals surface area (Å²) in [5, 5.41) is 4.95. The third-order valence-electron chi connectivity index (χ3n) is 3.08. The summed E-state index contributed by atoms with van der Waals surface area (Å²) in [5.74, 6) is 1.36. The third kappa shape index (κ3) is 2.17. The maximum atomic E-state index is 5.98. The van der Waals surface area contributed by atoms with Crippen LogP contribution in [0, 0.1) is 6.92 Å². The smallest absolute Gasteiger partial charge is 0.164 e. The summed E-state index contributed by atoms with van der Waals surface area (Å²) in [7, 11) is 1.89. The molecule has 0 saturated carbocycles. The minimum absolute atomic E-state index is 0.496. The van der Waals surface area contributed by atoms with E-state index in [0.717, 1.165) is 28.4 Å². The van der Waals surface area contributed by atoms with Gasteiger partial charge >= 0.3 is 0 Å². The highest BCUT2D eigenvalue weighted by molar-refractivity contribution is 6.31. The van der Waals surface area contributed by atoms with Gasteiger partial charge in [-0.15, -0.1) is 11.6 Å². The zero-order valence-corrected chi connectivity index (χ0v) is 12.7. The van der Waals surface area contributed by atoms with Crippen molar-refractivity contribution in [3.63, 3.8) is 0 Å². The van der Waals surface area contributed by atoms with E-state index in [1.54, 1.807) is 10.9 Å². The van der Waals surface area contributed by atoms with E-state index in [1.165, 1.54) is 0 Å². The van der Waals surface area contributed by atoms with Crippen LogP contribution in [0.15, 0.2) is 18.5 Å². The molecule has 20 heavy (non-hydrogen) atoms. The Morgan fingerprint density at radius 1 is 1.35 bits per heavy atom. The number of pyridine rings is 1. The van der Waals surface area contributed by atoms with Crippen molar-refractivity contribution < 1.29 is 0 Å². The van der Waals surface area contributed by atoms with Gasteiger partial charge in [0, 0.05) is 31.7 Å². The molecule has 0 N–H and O–H groups in total. The standard InChI is InChI=1S/C13H13Cl2N5/c1-8-11(7-19(2)18-8)20-12(3-4-14)17-10-5-9(15)6-16-13(10)20/h5-7H,3-4H2,1-2H3. The van der Waals surface area contributed by atoms with Crippen molar-refractivity contribution in [2.24, 2.45) is 7.05 Å². The van der Waals surface area contributed by atoms with E-state index < -0.39 is 0 Å². The molecule has 7 heteroatoms. The Hall–Kier alpha value is -1.59. The molecule has 3 aromatic rings. The number of aromatic nitrogens is 5. The number of fused-ring (bicyclic) bond motifs is 1. The summed E-state index contributed by atoms with van der Waals surface area (Å²) in [5.41, 5.74) is 3.41. The summed E-state index contributed by atoms with van der Waals surface area (Å²) >= 11 is 11.9. The zero-order chi connectivity index (χ0) is 14.3. The lowest BCUT2D eigenvalue weighted by molar-refractivity contribution is 0.756. The van der Waals surface area contributed by atoms with Crippen molar-refractivity contribution in [1.29, 1.82) is 0 Å². The Morgan fingerprint density at radius 3 is 2.80 bits per heavy atom. The van der Waals surface area contributed by atoms with Gasteiger partial charge in [0.1, 0.15) is 11.3 Å². The molecule has 0 radical (unpaired) electrons. The van der Waals surface area contributed by atoms with Crippen LogP contribution in [-0.4, -0.2) is 30.2 Å². The summed E-state index contributed by atoms with van der Waals surface area (Å²) < 4.78 is 3.77. The molecule has 3 heterocycles. The minimum atomic E-state index is 0.496. The van der Waals surface area contributed by atoms with Crippen LogP contribution < -0.4 is 0 Å². The van der Waals surface area contributed by atoms with E-state index in [0.29, 0.717) is 17.3 Å². The lowest BCUT2D eigenvalue weighted by atomic mass is 10.3. The van der Waals surface area contributed by atoms with Crippen LogP contribution in [0.4, 0.5) is 0 Å². The highest BCUT2D eigenvalue weighted by Gasteiger charge is 2.16. The largest absolute Gasteiger partial charge is 0.277 e. The van der Waals surface area contributed by atoms with Crippen molar-refractivity contribution in [3.05, 3.63) is 35.0 Å². The lowest BCUT2D eigenvalue weighted by Gasteiger charge is -2.05. The van der Waals surface area contributed by atoms with Crippen molar-refractivity contribution in [1.82, 2.24) is 24.3 Å². The fourth-order valence-corrected chi connectivity index (χ4v) is 2.62. The van der Waals surface area contributed by atoms with Gasteiger partial charge < -0.3 is 0 Å². The van der Waals surface area contributed by atoms with Crippen molar-refractivity contribution in [3.8, 4) is 5.69 Å². The topological polar surface area (TPSA) is 48.5 Å². The molecule has 0 spiro atoms. The second kappa shape index (κ2) is 5.07. The van der Waals surface area contributed by atoms with Crippen molar-refractivity contribution >= 4 is 34.4 Å². The SMILES string of the molecule is Cc1nn(C)cc1-n1c(CCCl)nc2cc(Cl)cnc21. The van der Waals surface area contributed by atoms with Gasteiger partial charge in [-0.25, -0.2) is 9.97 Å². The van der Waals surface area contributed by atoms with Gasteiger partial charge in [-0.05, 0) is 13.0 Å². The van der Waals surface area contributed by atoms with Gasteiger partial charge in [0.05, 0.1) is 16.4 Å². The molecule has 0 aliphatic rings. The number of imidazole rings is 1. The number of aryl methyl sites for hydroxylation is 3. The first kappa shape index (κ1) is 13.4. The van der Waals surface area contributed by atoms with E-state index in [9.17, 15) is 0 Å². The second-order valence-corrected chi connectivity index (χ2v) is 5.39. The van der Waals surface area contributed by atoms with Crippen LogP contribution in [-0.2, 0) is 13.5 Å². The van der Waals surface area contributed by atoms with Crippen LogP contribution in [0.3, 0.4) is 0 Å². The maximum Gasteiger partial charge on any atom is 0.164 e. The Bertz CT molecular complexity index is 775. The van der Waals surface area contributed by atoms with E-state index in [4.69, 9.17) is 23.2 Å². The highest BCUT2D eigenvalue weighted by atomic mass is 35.5. The first-order valence-electron chi connectivity index (χ1n) is 6.19. The lowest BCUT2D eigenvalue weighted by Crippen LogP contribution is -2.03. The molecule has 0 bridgehead atoms. The monoisotopic (exact) mass is 309 g/mol. The Kier molecular flexibility index (Phi) is 3.40. The molecule has 104 valence electrons. The quantitative estimate of drug-likeness (QED) is 0.699. The fraction of sp³-hybridized carbons (Fsp3) is 0.308. The van der Waals surface area contributed by atoms with Gasteiger partial charge in [0.15, 0.2) is 5.65 Å². The summed E-state index contributed by atoms with van der Waals surface area (Å²) in [6.45, 7) is 1.96. The van der Waals surface area contributed by atoms with E-state index in [1.807, 2.05) is 30.8 Å². The predicted molar refractivity (Wildman–Crippen MR) is 79.8 cm³/mol. The van der Waals surface area contributed by atoms with Gasteiger partial charge in [-0.3, -0.25) is 9.25 Å². The van der Waals surface area contributed by atoms with Gasteiger partial charge in [0.2, 0.25) is 0 Å². The molecule has 0 aliphatic heterocycles. The molecule has 3 aromatic heterocycles. The van der Waals surface area contributed by atoms with Crippen LogP contribution in [0.2, 0.25) is 5.02 Å². The summed E-state index contributed by atoms with van der Waals surface area (Å²) in [4.78, 5) is 8.98. The Balaban J connectivity index is 2.31. The first-order valence-corrected chi connectivity index (χ1v) is 7.11. The molecule has 0 aliphatic carbocycles. The molecule has 0 unspecified atom stereocenters. The van der Waals surface area contributed by atoms with E-state index >= 15 is 0 Å². The summed E-state index contributed by atoms with van der Waals surface area (Å²) in [6, 6.07) is 1.81. The number of hydrogen-bond acceptors (Lipinski definition) is 3. The fourth-order valence-electron chi connectivity index (χ4n) is 2.30.